The maximum absolute atomic E-state index is 12.3. The molecule has 25 heavy (non-hydrogen) atoms. The van der Waals surface area contributed by atoms with Gasteiger partial charge in [-0.1, -0.05) is 41.2 Å². The number of benzene rings is 1. The van der Waals surface area contributed by atoms with Gasteiger partial charge in [0.05, 0.1) is 19.8 Å². The number of rotatable bonds is 5. The van der Waals surface area contributed by atoms with Crippen LogP contribution >= 0.6 is 11.3 Å². The molecule has 0 spiro atoms. The smallest absolute Gasteiger partial charge is 0.282 e. The predicted octanol–water partition coefficient (Wildman–Crippen LogP) is 2.39. The van der Waals surface area contributed by atoms with E-state index < -0.39 is 0 Å². The number of aryl methyl sites for hydroxylation is 1. The fraction of sp³-hybridized carbons (Fsp3) is 0.500. The lowest BCUT2D eigenvalue weighted by atomic mass is 10.0. The maximum Gasteiger partial charge on any atom is 0.282 e. The number of carbonyl (C=O) groups is 1. The third-order valence-corrected chi connectivity index (χ3v) is 5.28. The van der Waals surface area contributed by atoms with Gasteiger partial charge in [0.25, 0.3) is 5.91 Å². The van der Waals surface area contributed by atoms with Gasteiger partial charge >= 0.3 is 0 Å². The SMILES string of the molecule is Cc1ccc(CNC(=O)c2nnc(CN3CCOCC3(C)C)s2)cc1. The van der Waals surface area contributed by atoms with Crippen molar-refractivity contribution in [2.24, 2.45) is 0 Å². The van der Waals surface area contributed by atoms with Crippen LogP contribution in [0.3, 0.4) is 0 Å². The summed E-state index contributed by atoms with van der Waals surface area (Å²) in [6, 6.07) is 8.10. The van der Waals surface area contributed by atoms with E-state index in [2.05, 4.69) is 34.3 Å². The number of carbonyl (C=O) groups excluding carboxylic acids is 1. The first kappa shape index (κ1) is 18.0. The van der Waals surface area contributed by atoms with Crippen molar-refractivity contribution in [2.75, 3.05) is 19.8 Å². The van der Waals surface area contributed by atoms with Crippen molar-refractivity contribution < 1.29 is 9.53 Å². The third kappa shape index (κ3) is 4.62. The molecule has 134 valence electrons. The number of ether oxygens (including phenoxy) is 1. The van der Waals surface area contributed by atoms with Gasteiger partial charge in [-0.3, -0.25) is 9.69 Å². The molecule has 2 heterocycles. The lowest BCUT2D eigenvalue weighted by Crippen LogP contribution is -2.52. The van der Waals surface area contributed by atoms with E-state index in [-0.39, 0.29) is 11.4 Å². The molecule has 1 aromatic heterocycles. The standard InChI is InChI=1S/C18H24N4O2S/c1-13-4-6-14(7-5-13)10-19-16(23)17-21-20-15(25-17)11-22-8-9-24-12-18(22,2)3/h4-7H,8-12H2,1-3H3,(H,19,23). The number of hydrogen-bond donors (Lipinski definition) is 1. The Kier molecular flexibility index (Phi) is 5.46. The van der Waals surface area contributed by atoms with Gasteiger partial charge in [0.15, 0.2) is 0 Å². The zero-order valence-corrected chi connectivity index (χ0v) is 15.7. The van der Waals surface area contributed by atoms with Crippen LogP contribution in [0.15, 0.2) is 24.3 Å². The maximum atomic E-state index is 12.3. The Bertz CT molecular complexity index is 727. The third-order valence-electron chi connectivity index (χ3n) is 4.38. The minimum Gasteiger partial charge on any atom is -0.378 e. The fourth-order valence-electron chi connectivity index (χ4n) is 2.72. The molecule has 1 aromatic carbocycles. The summed E-state index contributed by atoms with van der Waals surface area (Å²) in [5.41, 5.74) is 2.24. The minimum atomic E-state index is -0.175. The minimum absolute atomic E-state index is 0.0300. The van der Waals surface area contributed by atoms with Gasteiger partial charge in [0.1, 0.15) is 5.01 Å². The second-order valence-corrected chi connectivity index (χ2v) is 8.02. The zero-order chi connectivity index (χ0) is 17.9. The van der Waals surface area contributed by atoms with Crippen LogP contribution in [-0.4, -0.2) is 46.3 Å². The highest BCUT2D eigenvalue weighted by Crippen LogP contribution is 2.23. The van der Waals surface area contributed by atoms with Crippen LogP contribution in [0.4, 0.5) is 0 Å². The quantitative estimate of drug-likeness (QED) is 0.887. The largest absolute Gasteiger partial charge is 0.378 e. The van der Waals surface area contributed by atoms with E-state index in [4.69, 9.17) is 4.74 Å². The van der Waals surface area contributed by atoms with Crippen LogP contribution in [-0.2, 0) is 17.8 Å². The van der Waals surface area contributed by atoms with Crippen LogP contribution in [0.1, 0.15) is 39.8 Å². The van der Waals surface area contributed by atoms with Crippen molar-refractivity contribution in [3.8, 4) is 0 Å². The number of morpholine rings is 1. The fourth-order valence-corrected chi connectivity index (χ4v) is 3.49. The number of nitrogens with zero attached hydrogens (tertiary/aromatic N) is 3. The molecule has 0 saturated carbocycles. The molecule has 1 aliphatic rings. The van der Waals surface area contributed by atoms with E-state index in [0.29, 0.717) is 24.7 Å². The molecule has 1 saturated heterocycles. The van der Waals surface area contributed by atoms with E-state index in [1.165, 1.54) is 16.9 Å². The van der Waals surface area contributed by atoms with Crippen molar-refractivity contribution in [1.82, 2.24) is 20.4 Å². The Morgan fingerprint density at radius 2 is 2.08 bits per heavy atom. The van der Waals surface area contributed by atoms with Crippen LogP contribution in [0.5, 0.6) is 0 Å². The molecule has 0 unspecified atom stereocenters. The van der Waals surface area contributed by atoms with Gasteiger partial charge in [-0.15, -0.1) is 10.2 Å². The molecule has 1 fully saturated rings. The van der Waals surface area contributed by atoms with Gasteiger partial charge in [-0.25, -0.2) is 0 Å². The lowest BCUT2D eigenvalue weighted by molar-refractivity contribution is -0.0553. The van der Waals surface area contributed by atoms with E-state index in [9.17, 15) is 4.79 Å². The van der Waals surface area contributed by atoms with Crippen LogP contribution < -0.4 is 5.32 Å². The summed E-state index contributed by atoms with van der Waals surface area (Å²) in [4.78, 5) is 14.6. The molecule has 1 amide bonds. The van der Waals surface area contributed by atoms with Gasteiger partial charge in [0, 0.05) is 18.6 Å². The second-order valence-electron chi connectivity index (χ2n) is 6.96. The Morgan fingerprint density at radius 1 is 1.32 bits per heavy atom. The van der Waals surface area contributed by atoms with Gasteiger partial charge in [0.2, 0.25) is 5.01 Å². The molecule has 0 radical (unpaired) electrons. The molecular formula is C18H24N4O2S. The van der Waals surface area contributed by atoms with Crippen molar-refractivity contribution in [3.05, 3.63) is 45.4 Å². The van der Waals surface area contributed by atoms with Crippen molar-refractivity contribution in [3.63, 3.8) is 0 Å². The van der Waals surface area contributed by atoms with Crippen molar-refractivity contribution in [2.45, 2.75) is 39.4 Å². The second kappa shape index (κ2) is 7.59. The van der Waals surface area contributed by atoms with Gasteiger partial charge in [-0.05, 0) is 26.3 Å². The summed E-state index contributed by atoms with van der Waals surface area (Å²) in [7, 11) is 0. The van der Waals surface area contributed by atoms with Crippen molar-refractivity contribution in [1.29, 1.82) is 0 Å². The summed E-state index contributed by atoms with van der Waals surface area (Å²) in [5, 5.41) is 12.4. The van der Waals surface area contributed by atoms with Crippen LogP contribution in [0, 0.1) is 6.92 Å². The summed E-state index contributed by atoms with van der Waals surface area (Å²) in [5.74, 6) is -0.175. The highest BCUT2D eigenvalue weighted by molar-refractivity contribution is 7.13. The molecule has 0 bridgehead atoms. The highest BCUT2D eigenvalue weighted by atomic mass is 32.1. The van der Waals surface area contributed by atoms with E-state index in [1.807, 2.05) is 31.2 Å². The first-order valence-corrected chi connectivity index (χ1v) is 9.25. The summed E-state index contributed by atoms with van der Waals surface area (Å²) >= 11 is 1.36. The van der Waals surface area contributed by atoms with E-state index in [1.54, 1.807) is 0 Å². The number of amides is 1. The van der Waals surface area contributed by atoms with Gasteiger partial charge in [-0.2, -0.15) is 0 Å². The first-order chi connectivity index (χ1) is 11.9. The molecule has 1 aliphatic heterocycles. The molecular weight excluding hydrogens is 336 g/mol. The number of hydrogen-bond acceptors (Lipinski definition) is 6. The molecule has 2 aromatic rings. The number of aromatic nitrogens is 2. The molecule has 0 aliphatic carbocycles. The summed E-state index contributed by atoms with van der Waals surface area (Å²) in [6.45, 7) is 9.83. The van der Waals surface area contributed by atoms with Gasteiger partial charge < -0.3 is 10.1 Å². The van der Waals surface area contributed by atoms with Crippen LogP contribution in [0.2, 0.25) is 0 Å². The average molecular weight is 360 g/mol. The molecule has 3 rings (SSSR count). The first-order valence-electron chi connectivity index (χ1n) is 8.43. The Balaban J connectivity index is 1.57. The summed E-state index contributed by atoms with van der Waals surface area (Å²) in [6.07, 6.45) is 0. The van der Waals surface area contributed by atoms with Crippen molar-refractivity contribution >= 4 is 17.2 Å². The lowest BCUT2D eigenvalue weighted by Gasteiger charge is -2.41. The Hall–Kier alpha value is -1.83. The Morgan fingerprint density at radius 3 is 2.80 bits per heavy atom. The summed E-state index contributed by atoms with van der Waals surface area (Å²) < 4.78 is 5.54. The zero-order valence-electron chi connectivity index (χ0n) is 14.9. The van der Waals surface area contributed by atoms with Crippen LogP contribution in [0.25, 0.3) is 0 Å². The normalized spacial score (nSPS) is 17.4. The molecule has 0 atom stereocenters. The monoisotopic (exact) mass is 360 g/mol. The topological polar surface area (TPSA) is 67.4 Å². The number of nitrogens with one attached hydrogen (secondary N) is 1. The molecule has 7 heteroatoms. The molecule has 6 nitrogen and oxygen atoms in total. The van der Waals surface area contributed by atoms with E-state index >= 15 is 0 Å². The Labute approximate surface area is 152 Å². The average Bonchev–Trinajstić information content (AvgIpc) is 3.05. The van der Waals surface area contributed by atoms with E-state index in [0.717, 1.165) is 23.7 Å². The highest BCUT2D eigenvalue weighted by Gasteiger charge is 2.31. The molecule has 1 N–H and O–H groups in total. The predicted molar refractivity (Wildman–Crippen MR) is 97.6 cm³/mol.